The Morgan fingerprint density at radius 3 is 2.94 bits per heavy atom. The van der Waals surface area contributed by atoms with E-state index in [2.05, 4.69) is 31.3 Å². The highest BCUT2D eigenvalue weighted by molar-refractivity contribution is 9.10. The molecule has 2 heterocycles. The van der Waals surface area contributed by atoms with E-state index in [9.17, 15) is 4.79 Å². The lowest BCUT2D eigenvalue weighted by Gasteiger charge is -2.03. The summed E-state index contributed by atoms with van der Waals surface area (Å²) >= 11 is 8.98. The third kappa shape index (κ3) is 2.83. The van der Waals surface area contributed by atoms with Gasteiger partial charge in [-0.25, -0.2) is 4.98 Å². The Bertz CT molecular complexity index is 569. The van der Waals surface area contributed by atoms with Crippen molar-refractivity contribution in [2.75, 3.05) is 5.32 Å². The molecule has 2 aromatic rings. The Balaban J connectivity index is 2.15. The van der Waals surface area contributed by atoms with Crippen molar-refractivity contribution in [3.8, 4) is 0 Å². The molecule has 0 atom stereocenters. The van der Waals surface area contributed by atoms with Gasteiger partial charge in [0, 0.05) is 13.2 Å². The van der Waals surface area contributed by atoms with E-state index in [0.717, 1.165) is 0 Å². The number of nitrogens with one attached hydrogen (secondary N) is 1. The van der Waals surface area contributed by atoms with Gasteiger partial charge in [-0.3, -0.25) is 9.48 Å². The Hall–Kier alpha value is -1.40. The third-order valence-corrected chi connectivity index (χ3v) is 3.13. The van der Waals surface area contributed by atoms with Crippen LogP contribution in [0.1, 0.15) is 10.5 Å². The van der Waals surface area contributed by atoms with Gasteiger partial charge >= 0.3 is 0 Å². The van der Waals surface area contributed by atoms with Crippen LogP contribution in [0.25, 0.3) is 0 Å². The standard InChI is InChI=1S/C10H8BrClN4O/c1-16-3-2-8(15-16)10(17)14-6-4-7(11)9(12)13-5-6/h2-5H,1H3,(H,14,17). The number of anilines is 1. The molecule has 0 spiro atoms. The van der Waals surface area contributed by atoms with Crippen LogP contribution in [0.3, 0.4) is 0 Å². The van der Waals surface area contributed by atoms with E-state index in [0.29, 0.717) is 21.0 Å². The summed E-state index contributed by atoms with van der Waals surface area (Å²) in [6.07, 6.45) is 3.18. The van der Waals surface area contributed by atoms with Crippen molar-refractivity contribution >= 4 is 39.1 Å². The van der Waals surface area contributed by atoms with Crippen molar-refractivity contribution in [3.05, 3.63) is 39.8 Å². The van der Waals surface area contributed by atoms with Gasteiger partial charge in [0.05, 0.1) is 16.4 Å². The van der Waals surface area contributed by atoms with Crippen LogP contribution in [0.4, 0.5) is 5.69 Å². The largest absolute Gasteiger partial charge is 0.319 e. The first-order valence-corrected chi connectivity index (χ1v) is 5.85. The van der Waals surface area contributed by atoms with Gasteiger partial charge in [0.2, 0.25) is 0 Å². The van der Waals surface area contributed by atoms with E-state index in [1.807, 2.05) is 0 Å². The highest BCUT2D eigenvalue weighted by Gasteiger charge is 2.10. The van der Waals surface area contributed by atoms with Gasteiger partial charge < -0.3 is 5.32 Å². The molecule has 7 heteroatoms. The van der Waals surface area contributed by atoms with Crippen molar-refractivity contribution < 1.29 is 4.79 Å². The summed E-state index contributed by atoms with van der Waals surface area (Å²) in [4.78, 5) is 15.7. The molecule has 0 fully saturated rings. The van der Waals surface area contributed by atoms with Crippen LogP contribution in [0, 0.1) is 0 Å². The number of carbonyl (C=O) groups is 1. The van der Waals surface area contributed by atoms with Gasteiger partial charge in [-0.2, -0.15) is 5.10 Å². The van der Waals surface area contributed by atoms with Crippen molar-refractivity contribution in [1.29, 1.82) is 0 Å². The average Bonchev–Trinajstić information content (AvgIpc) is 2.70. The fraction of sp³-hybridized carbons (Fsp3) is 0.100. The lowest BCUT2D eigenvalue weighted by Crippen LogP contribution is -2.13. The molecule has 0 aliphatic heterocycles. The maximum atomic E-state index is 11.8. The van der Waals surface area contributed by atoms with Crippen molar-refractivity contribution in [2.24, 2.45) is 7.05 Å². The average molecular weight is 316 g/mol. The van der Waals surface area contributed by atoms with E-state index >= 15 is 0 Å². The molecule has 2 aromatic heterocycles. The van der Waals surface area contributed by atoms with Gasteiger partial charge in [0.15, 0.2) is 5.69 Å². The van der Waals surface area contributed by atoms with E-state index in [1.54, 1.807) is 30.1 Å². The molecule has 2 rings (SSSR count). The number of halogens is 2. The zero-order valence-electron chi connectivity index (χ0n) is 8.82. The van der Waals surface area contributed by atoms with E-state index in [-0.39, 0.29) is 5.91 Å². The molecule has 0 aliphatic carbocycles. The lowest BCUT2D eigenvalue weighted by atomic mass is 10.3. The minimum absolute atomic E-state index is 0.290. The summed E-state index contributed by atoms with van der Waals surface area (Å²) < 4.78 is 2.18. The number of aromatic nitrogens is 3. The van der Waals surface area contributed by atoms with E-state index < -0.39 is 0 Å². The molecular formula is C10H8BrClN4O. The quantitative estimate of drug-likeness (QED) is 0.866. The smallest absolute Gasteiger partial charge is 0.276 e. The topological polar surface area (TPSA) is 59.8 Å². The molecule has 0 radical (unpaired) electrons. The van der Waals surface area contributed by atoms with Crippen LogP contribution in [-0.4, -0.2) is 20.7 Å². The molecule has 0 saturated carbocycles. The number of hydrogen-bond donors (Lipinski definition) is 1. The summed E-state index contributed by atoms with van der Waals surface area (Å²) in [6, 6.07) is 3.31. The SMILES string of the molecule is Cn1ccc(C(=O)Nc2cnc(Cl)c(Br)c2)n1. The van der Waals surface area contributed by atoms with Crippen LogP contribution in [0.5, 0.6) is 0 Å². The summed E-state index contributed by atoms with van der Waals surface area (Å²) in [5, 5.41) is 7.01. The van der Waals surface area contributed by atoms with E-state index in [1.165, 1.54) is 6.20 Å². The van der Waals surface area contributed by atoms with E-state index in [4.69, 9.17) is 11.6 Å². The third-order valence-electron chi connectivity index (χ3n) is 2.00. The van der Waals surface area contributed by atoms with Crippen molar-refractivity contribution in [3.63, 3.8) is 0 Å². The van der Waals surface area contributed by atoms with Crippen LogP contribution in [0.15, 0.2) is 29.0 Å². The van der Waals surface area contributed by atoms with Crippen LogP contribution in [-0.2, 0) is 7.05 Å². The predicted octanol–water partition coefficient (Wildman–Crippen LogP) is 2.48. The van der Waals surface area contributed by atoms with Gasteiger partial charge in [-0.05, 0) is 28.1 Å². The normalized spacial score (nSPS) is 10.3. The Morgan fingerprint density at radius 1 is 1.59 bits per heavy atom. The zero-order valence-corrected chi connectivity index (χ0v) is 11.2. The molecule has 0 aliphatic rings. The maximum Gasteiger partial charge on any atom is 0.276 e. The first-order valence-electron chi connectivity index (χ1n) is 4.68. The van der Waals surface area contributed by atoms with Crippen molar-refractivity contribution in [1.82, 2.24) is 14.8 Å². The van der Waals surface area contributed by atoms with Crippen molar-refractivity contribution in [2.45, 2.75) is 0 Å². The Labute approximate surface area is 111 Å². The second-order valence-corrected chi connectivity index (χ2v) is 4.54. The Kier molecular flexibility index (Phi) is 3.44. The van der Waals surface area contributed by atoms with Gasteiger partial charge in [-0.15, -0.1) is 0 Å². The molecule has 0 unspecified atom stereocenters. The second-order valence-electron chi connectivity index (χ2n) is 3.33. The number of nitrogens with zero attached hydrogens (tertiary/aromatic N) is 3. The maximum absolute atomic E-state index is 11.8. The summed E-state index contributed by atoms with van der Waals surface area (Å²) in [6.45, 7) is 0. The second kappa shape index (κ2) is 4.85. The molecule has 1 amide bonds. The number of hydrogen-bond acceptors (Lipinski definition) is 3. The van der Waals surface area contributed by atoms with Gasteiger partial charge in [-0.1, -0.05) is 11.6 Å². The Morgan fingerprint density at radius 2 is 2.35 bits per heavy atom. The fourth-order valence-corrected chi connectivity index (χ4v) is 1.67. The first kappa shape index (κ1) is 12.1. The van der Waals surface area contributed by atoms with Crippen LogP contribution >= 0.6 is 27.5 Å². The molecule has 1 N–H and O–H groups in total. The first-order chi connectivity index (χ1) is 8.06. The van der Waals surface area contributed by atoms with Crippen LogP contribution in [0.2, 0.25) is 5.15 Å². The number of amides is 1. The predicted molar refractivity (Wildman–Crippen MR) is 68.1 cm³/mol. The fourth-order valence-electron chi connectivity index (χ4n) is 1.22. The molecule has 0 aromatic carbocycles. The molecule has 0 saturated heterocycles. The minimum Gasteiger partial charge on any atom is -0.319 e. The number of carbonyl (C=O) groups excluding carboxylic acids is 1. The monoisotopic (exact) mass is 314 g/mol. The molecule has 17 heavy (non-hydrogen) atoms. The highest BCUT2D eigenvalue weighted by atomic mass is 79.9. The summed E-state index contributed by atoms with van der Waals surface area (Å²) in [5.74, 6) is -0.290. The molecule has 88 valence electrons. The summed E-state index contributed by atoms with van der Waals surface area (Å²) in [7, 11) is 1.75. The lowest BCUT2D eigenvalue weighted by molar-refractivity contribution is 0.102. The number of rotatable bonds is 2. The number of aryl methyl sites for hydroxylation is 1. The molecule has 0 bridgehead atoms. The van der Waals surface area contributed by atoms with Gasteiger partial charge in [0.25, 0.3) is 5.91 Å². The molecule has 5 nitrogen and oxygen atoms in total. The minimum atomic E-state index is -0.290. The summed E-state index contributed by atoms with van der Waals surface area (Å²) in [5.41, 5.74) is 0.899. The molecular weight excluding hydrogens is 307 g/mol. The van der Waals surface area contributed by atoms with Crippen LogP contribution < -0.4 is 5.32 Å². The highest BCUT2D eigenvalue weighted by Crippen LogP contribution is 2.22. The zero-order chi connectivity index (χ0) is 12.4. The number of pyridine rings is 1. The van der Waals surface area contributed by atoms with Gasteiger partial charge in [0.1, 0.15) is 5.15 Å².